The molecule has 0 saturated heterocycles. The number of nitrogens with one attached hydrogen (secondary N) is 1. The van der Waals surface area contributed by atoms with Gasteiger partial charge in [0.25, 0.3) is 0 Å². The zero-order valence-electron chi connectivity index (χ0n) is 8.60. The molecule has 0 atom stereocenters. The summed E-state index contributed by atoms with van der Waals surface area (Å²) >= 11 is 0. The molecule has 2 aromatic heterocycles. The molecule has 0 saturated carbocycles. The molecule has 0 aliphatic carbocycles. The van der Waals surface area contributed by atoms with Crippen molar-refractivity contribution in [2.75, 3.05) is 12.8 Å². The highest BCUT2D eigenvalue weighted by molar-refractivity contribution is 5.26. The maximum Gasteiger partial charge on any atom is 0.167 e. The third-order valence-electron chi connectivity index (χ3n) is 2.11. The molecule has 0 spiro atoms. The molecule has 0 aliphatic heterocycles. The lowest BCUT2D eigenvalue weighted by Crippen LogP contribution is -2.16. The Morgan fingerprint density at radius 1 is 1.53 bits per heavy atom. The maximum absolute atomic E-state index is 5.46. The first-order chi connectivity index (χ1) is 7.24. The fourth-order valence-electron chi connectivity index (χ4n) is 1.48. The second-order valence-electron chi connectivity index (χ2n) is 3.59. The van der Waals surface area contributed by atoms with Gasteiger partial charge in [0.2, 0.25) is 0 Å². The Hall–Kier alpha value is -1.75. The van der Waals surface area contributed by atoms with E-state index in [1.165, 1.54) is 5.69 Å². The van der Waals surface area contributed by atoms with E-state index >= 15 is 0 Å². The lowest BCUT2D eigenvalue weighted by molar-refractivity contribution is 0.265. The highest BCUT2D eigenvalue weighted by Crippen LogP contribution is 2.09. The van der Waals surface area contributed by atoms with Crippen LogP contribution in [0.3, 0.4) is 0 Å². The Balaban J connectivity index is 1.90. The number of nitrogens with two attached hydrogens (primary N) is 1. The minimum Gasteiger partial charge on any atom is -0.381 e. The van der Waals surface area contributed by atoms with Crippen LogP contribution < -0.4 is 5.73 Å². The number of anilines is 1. The zero-order chi connectivity index (χ0) is 10.7. The first kappa shape index (κ1) is 9.79. The Morgan fingerprint density at radius 3 is 3.00 bits per heavy atom. The van der Waals surface area contributed by atoms with Crippen LogP contribution in [0.15, 0.2) is 28.9 Å². The summed E-state index contributed by atoms with van der Waals surface area (Å²) in [5, 5.41) is 3.64. The van der Waals surface area contributed by atoms with Crippen molar-refractivity contribution in [2.45, 2.75) is 13.1 Å². The van der Waals surface area contributed by atoms with Gasteiger partial charge in [0, 0.05) is 24.5 Å². The van der Waals surface area contributed by atoms with E-state index < -0.39 is 0 Å². The SMILES string of the molecule is CN(Cc1ccc[nH]1)Cc1cc(N)no1. The highest BCUT2D eigenvalue weighted by Gasteiger charge is 2.06. The van der Waals surface area contributed by atoms with Gasteiger partial charge in [-0.3, -0.25) is 4.90 Å². The van der Waals surface area contributed by atoms with Gasteiger partial charge in [0.15, 0.2) is 11.6 Å². The second-order valence-corrected chi connectivity index (χ2v) is 3.59. The Labute approximate surface area is 87.9 Å². The normalized spacial score (nSPS) is 11.1. The summed E-state index contributed by atoms with van der Waals surface area (Å²) in [5.41, 5.74) is 6.63. The van der Waals surface area contributed by atoms with E-state index in [9.17, 15) is 0 Å². The summed E-state index contributed by atoms with van der Waals surface area (Å²) in [5.74, 6) is 1.21. The maximum atomic E-state index is 5.46. The first-order valence-corrected chi connectivity index (χ1v) is 4.76. The number of aromatic nitrogens is 2. The quantitative estimate of drug-likeness (QED) is 0.789. The molecule has 2 heterocycles. The molecule has 0 amide bonds. The second kappa shape index (κ2) is 4.18. The zero-order valence-corrected chi connectivity index (χ0v) is 8.60. The highest BCUT2D eigenvalue weighted by atomic mass is 16.5. The predicted octanol–water partition coefficient (Wildman–Crippen LogP) is 1.22. The van der Waals surface area contributed by atoms with E-state index in [1.54, 1.807) is 6.07 Å². The lowest BCUT2D eigenvalue weighted by Gasteiger charge is -2.12. The van der Waals surface area contributed by atoms with E-state index in [2.05, 4.69) is 15.0 Å². The Bertz CT molecular complexity index is 407. The number of hydrogen-bond acceptors (Lipinski definition) is 4. The molecular formula is C10H14N4O. The number of nitrogen functional groups attached to an aromatic ring is 1. The van der Waals surface area contributed by atoms with E-state index in [0.29, 0.717) is 12.4 Å². The standard InChI is InChI=1S/C10H14N4O/c1-14(6-8-3-2-4-12-8)7-9-5-10(11)13-15-9/h2-5,12H,6-7H2,1H3,(H2,11,13). The van der Waals surface area contributed by atoms with Crippen LogP contribution in [-0.4, -0.2) is 22.1 Å². The molecule has 0 radical (unpaired) electrons. The average Bonchev–Trinajstić information content (AvgIpc) is 2.77. The molecule has 5 nitrogen and oxygen atoms in total. The summed E-state index contributed by atoms with van der Waals surface area (Å²) in [4.78, 5) is 5.26. The summed E-state index contributed by atoms with van der Waals surface area (Å²) in [6.07, 6.45) is 1.91. The van der Waals surface area contributed by atoms with Crippen LogP contribution in [0.5, 0.6) is 0 Å². The van der Waals surface area contributed by atoms with Crippen molar-refractivity contribution in [2.24, 2.45) is 0 Å². The molecule has 5 heteroatoms. The van der Waals surface area contributed by atoms with Crippen LogP contribution in [0.4, 0.5) is 5.82 Å². The average molecular weight is 206 g/mol. The van der Waals surface area contributed by atoms with Crippen molar-refractivity contribution in [3.8, 4) is 0 Å². The minimum absolute atomic E-state index is 0.429. The molecule has 0 aromatic carbocycles. The van der Waals surface area contributed by atoms with Gasteiger partial charge in [0.05, 0.1) is 6.54 Å². The largest absolute Gasteiger partial charge is 0.381 e. The Morgan fingerprint density at radius 2 is 2.40 bits per heavy atom. The summed E-state index contributed by atoms with van der Waals surface area (Å²) < 4.78 is 5.03. The van der Waals surface area contributed by atoms with Crippen LogP contribution in [0, 0.1) is 0 Å². The number of hydrogen-bond donors (Lipinski definition) is 2. The van der Waals surface area contributed by atoms with Gasteiger partial charge in [-0.1, -0.05) is 5.16 Å². The van der Waals surface area contributed by atoms with Crippen LogP contribution >= 0.6 is 0 Å². The minimum atomic E-state index is 0.429. The molecule has 0 bridgehead atoms. The number of nitrogens with zero attached hydrogens (tertiary/aromatic N) is 2. The number of aromatic amines is 1. The van der Waals surface area contributed by atoms with Crippen molar-refractivity contribution in [3.63, 3.8) is 0 Å². The van der Waals surface area contributed by atoms with Crippen LogP contribution in [-0.2, 0) is 13.1 Å². The topological polar surface area (TPSA) is 71.1 Å². The Kier molecular flexibility index (Phi) is 2.73. The van der Waals surface area contributed by atoms with Crippen molar-refractivity contribution in [1.82, 2.24) is 15.0 Å². The molecule has 0 fully saturated rings. The predicted molar refractivity (Wildman–Crippen MR) is 56.9 cm³/mol. The lowest BCUT2D eigenvalue weighted by atomic mass is 10.3. The van der Waals surface area contributed by atoms with Gasteiger partial charge in [-0.2, -0.15) is 0 Å². The van der Waals surface area contributed by atoms with Gasteiger partial charge in [0.1, 0.15) is 0 Å². The van der Waals surface area contributed by atoms with Gasteiger partial charge in [-0.15, -0.1) is 0 Å². The fourth-order valence-corrected chi connectivity index (χ4v) is 1.48. The molecule has 15 heavy (non-hydrogen) atoms. The summed E-state index contributed by atoms with van der Waals surface area (Å²) in [7, 11) is 2.01. The summed E-state index contributed by atoms with van der Waals surface area (Å²) in [6, 6.07) is 5.77. The van der Waals surface area contributed by atoms with Crippen LogP contribution in [0.2, 0.25) is 0 Å². The molecular weight excluding hydrogens is 192 g/mol. The van der Waals surface area contributed by atoms with E-state index in [4.69, 9.17) is 10.3 Å². The van der Waals surface area contributed by atoms with E-state index in [0.717, 1.165) is 12.3 Å². The van der Waals surface area contributed by atoms with E-state index in [1.807, 2.05) is 25.4 Å². The van der Waals surface area contributed by atoms with E-state index in [-0.39, 0.29) is 0 Å². The number of H-pyrrole nitrogens is 1. The smallest absolute Gasteiger partial charge is 0.167 e. The van der Waals surface area contributed by atoms with Crippen molar-refractivity contribution in [1.29, 1.82) is 0 Å². The van der Waals surface area contributed by atoms with Crippen LogP contribution in [0.25, 0.3) is 0 Å². The molecule has 0 unspecified atom stereocenters. The monoisotopic (exact) mass is 206 g/mol. The molecule has 3 N–H and O–H groups in total. The van der Waals surface area contributed by atoms with Crippen molar-refractivity contribution in [3.05, 3.63) is 35.9 Å². The first-order valence-electron chi connectivity index (χ1n) is 4.76. The third-order valence-corrected chi connectivity index (χ3v) is 2.11. The molecule has 2 rings (SSSR count). The molecule has 80 valence electrons. The van der Waals surface area contributed by atoms with Gasteiger partial charge < -0.3 is 15.2 Å². The molecule has 0 aliphatic rings. The number of rotatable bonds is 4. The van der Waals surface area contributed by atoms with Crippen molar-refractivity contribution >= 4 is 5.82 Å². The van der Waals surface area contributed by atoms with Gasteiger partial charge in [-0.05, 0) is 19.2 Å². The molecule has 2 aromatic rings. The summed E-state index contributed by atoms with van der Waals surface area (Å²) in [6.45, 7) is 1.54. The fraction of sp³-hybridized carbons (Fsp3) is 0.300. The van der Waals surface area contributed by atoms with Crippen LogP contribution in [0.1, 0.15) is 11.5 Å². The third kappa shape index (κ3) is 2.60. The van der Waals surface area contributed by atoms with Gasteiger partial charge >= 0.3 is 0 Å². The van der Waals surface area contributed by atoms with Crippen molar-refractivity contribution < 1.29 is 4.52 Å². The van der Waals surface area contributed by atoms with Gasteiger partial charge in [-0.25, -0.2) is 0 Å².